The number of ether oxygens (including phenoxy) is 2. The van der Waals surface area contributed by atoms with E-state index in [-0.39, 0.29) is 10.5 Å². The Morgan fingerprint density at radius 2 is 1.40 bits per heavy atom. The monoisotopic (exact) mass is 414 g/mol. The van der Waals surface area contributed by atoms with E-state index in [2.05, 4.69) is 48.9 Å². The lowest BCUT2D eigenvalue weighted by Gasteiger charge is -2.26. The zero-order valence-electron chi connectivity index (χ0n) is 17.5. The van der Waals surface area contributed by atoms with Gasteiger partial charge in [0.15, 0.2) is 11.8 Å². The number of nitrogens with zero attached hydrogens (tertiary/aromatic N) is 2. The van der Waals surface area contributed by atoms with Gasteiger partial charge in [-0.25, -0.2) is 9.98 Å². The zero-order valence-corrected chi connectivity index (χ0v) is 18.3. The molecule has 0 N–H and O–H groups in total. The van der Waals surface area contributed by atoms with Crippen molar-refractivity contribution < 1.29 is 9.47 Å². The fourth-order valence-corrected chi connectivity index (χ4v) is 5.87. The van der Waals surface area contributed by atoms with E-state index in [0.29, 0.717) is 11.8 Å². The van der Waals surface area contributed by atoms with E-state index in [1.807, 2.05) is 13.8 Å². The van der Waals surface area contributed by atoms with Crippen LogP contribution in [0.2, 0.25) is 0 Å². The van der Waals surface area contributed by atoms with E-state index in [1.54, 1.807) is 0 Å². The molecule has 30 heavy (non-hydrogen) atoms. The van der Waals surface area contributed by atoms with Gasteiger partial charge in [0, 0.05) is 30.7 Å². The Labute approximate surface area is 178 Å². The molecule has 0 bridgehead atoms. The Hall–Kier alpha value is -2.92. The fraction of sp³-hybridized carbons (Fsp3) is 0.240. The van der Waals surface area contributed by atoms with Crippen molar-refractivity contribution in [2.24, 2.45) is 9.98 Å². The van der Waals surface area contributed by atoms with Gasteiger partial charge in [-0.15, -0.1) is 0 Å². The van der Waals surface area contributed by atoms with Gasteiger partial charge in [0.05, 0.1) is 22.1 Å². The minimum absolute atomic E-state index is 0.265. The molecule has 0 spiro atoms. The molecule has 0 saturated carbocycles. The molecule has 1 atom stereocenters. The van der Waals surface area contributed by atoms with Gasteiger partial charge >= 0.3 is 0 Å². The summed E-state index contributed by atoms with van der Waals surface area (Å²) in [7, 11) is 0.265. The molecule has 3 heterocycles. The van der Waals surface area contributed by atoms with Crippen LogP contribution in [0, 0.1) is 0 Å². The zero-order chi connectivity index (χ0) is 20.6. The van der Waals surface area contributed by atoms with E-state index < -0.39 is 0 Å². The van der Waals surface area contributed by atoms with Crippen LogP contribution in [-0.4, -0.2) is 29.2 Å². The summed E-state index contributed by atoms with van der Waals surface area (Å²) in [6.07, 6.45) is 9.81. The van der Waals surface area contributed by atoms with Crippen molar-refractivity contribution >= 4 is 60.9 Å². The minimum atomic E-state index is 0.265. The topological polar surface area (TPSA) is 43.2 Å². The molecule has 0 saturated heterocycles. The number of rotatable bonds is 2. The maximum atomic E-state index is 6.24. The Kier molecular flexibility index (Phi) is 3.75. The lowest BCUT2D eigenvalue weighted by molar-refractivity contribution is 0.539. The third-order valence-corrected chi connectivity index (χ3v) is 7.31. The molecule has 1 aliphatic carbocycles. The number of hydrogen-bond donors (Lipinski definition) is 0. The second kappa shape index (κ2) is 6.29. The molecule has 4 aliphatic rings. The van der Waals surface area contributed by atoms with Gasteiger partial charge < -0.3 is 9.47 Å². The Balaban J connectivity index is 1.69. The first kappa shape index (κ1) is 17.9. The van der Waals surface area contributed by atoms with Crippen molar-refractivity contribution in [1.82, 2.24) is 0 Å². The van der Waals surface area contributed by atoms with Crippen LogP contribution in [0.3, 0.4) is 0 Å². The van der Waals surface area contributed by atoms with Crippen molar-refractivity contribution in [3.8, 4) is 11.5 Å². The van der Waals surface area contributed by atoms with Crippen LogP contribution in [0.4, 0.5) is 11.4 Å². The minimum Gasteiger partial charge on any atom is -0.442 e. The van der Waals surface area contributed by atoms with E-state index in [1.165, 1.54) is 16.7 Å². The van der Waals surface area contributed by atoms with Crippen molar-refractivity contribution in [3.63, 3.8) is 0 Å². The lowest BCUT2D eigenvalue weighted by Crippen LogP contribution is -2.13. The first-order valence-electron chi connectivity index (χ1n) is 10.1. The first-order valence-corrected chi connectivity index (χ1v) is 12.0. The molecule has 0 fully saturated rings. The molecular weight excluding hydrogens is 392 g/mol. The highest BCUT2D eigenvalue weighted by Crippen LogP contribution is 2.54. The summed E-state index contributed by atoms with van der Waals surface area (Å²) in [6.45, 7) is 6.00. The van der Waals surface area contributed by atoms with Crippen LogP contribution in [-0.2, 0) is 0 Å². The van der Waals surface area contributed by atoms with Gasteiger partial charge in [0.2, 0.25) is 0 Å². The highest BCUT2D eigenvalue weighted by atomic mass is 32.2. The van der Waals surface area contributed by atoms with Gasteiger partial charge in [-0.2, -0.15) is 10.5 Å². The standard InChI is InChI=1S/C25H22N2O2S/c1-13-5-6-16(9-13)18-10-20-23-22-21(27-14(2)28-24(18)22)11-19(17-7-8-30(4)12-17)25(23)29-15(3)26-20/h5-8,10-11H,9,12H2,1-4H3. The fourth-order valence-electron chi connectivity index (χ4n) is 4.63. The van der Waals surface area contributed by atoms with E-state index in [4.69, 9.17) is 19.5 Å². The van der Waals surface area contributed by atoms with Crippen LogP contribution in [0.1, 0.15) is 38.3 Å². The Morgan fingerprint density at radius 1 is 0.800 bits per heavy atom. The third-order valence-electron chi connectivity index (χ3n) is 5.94. The summed E-state index contributed by atoms with van der Waals surface area (Å²) in [4.78, 5) is 9.56. The van der Waals surface area contributed by atoms with Crippen molar-refractivity contribution in [3.05, 3.63) is 47.1 Å². The molecule has 0 aromatic heterocycles. The molecule has 150 valence electrons. The van der Waals surface area contributed by atoms with Gasteiger partial charge in [-0.3, -0.25) is 0 Å². The predicted molar refractivity (Wildman–Crippen MR) is 130 cm³/mol. The first-order chi connectivity index (χ1) is 14.5. The summed E-state index contributed by atoms with van der Waals surface area (Å²) >= 11 is 0. The molecule has 4 nitrogen and oxygen atoms in total. The maximum Gasteiger partial charge on any atom is 0.192 e. The average molecular weight is 415 g/mol. The van der Waals surface area contributed by atoms with Crippen LogP contribution in [0.15, 0.2) is 45.9 Å². The van der Waals surface area contributed by atoms with Crippen LogP contribution in [0.25, 0.3) is 21.9 Å². The summed E-state index contributed by atoms with van der Waals surface area (Å²) < 4.78 is 12.5. The predicted octanol–water partition coefficient (Wildman–Crippen LogP) is 6.56. The maximum absolute atomic E-state index is 6.24. The summed E-state index contributed by atoms with van der Waals surface area (Å²) in [6, 6.07) is 4.34. The lowest BCUT2D eigenvalue weighted by atomic mass is 9.91. The molecule has 2 aromatic carbocycles. The number of benzene rings is 2. The second-order valence-corrected chi connectivity index (χ2v) is 10.2. The van der Waals surface area contributed by atoms with Crippen molar-refractivity contribution in [2.75, 3.05) is 12.0 Å². The van der Waals surface area contributed by atoms with Crippen molar-refractivity contribution in [2.45, 2.75) is 27.2 Å². The smallest absolute Gasteiger partial charge is 0.192 e. The highest BCUT2D eigenvalue weighted by molar-refractivity contribution is 8.15. The number of aliphatic imine (C=N–C) groups is 2. The molecule has 1 unspecified atom stereocenters. The summed E-state index contributed by atoms with van der Waals surface area (Å²) in [5, 5.41) is 4.30. The highest BCUT2D eigenvalue weighted by Gasteiger charge is 2.30. The molecule has 3 aliphatic heterocycles. The Bertz CT molecular complexity index is 1260. The van der Waals surface area contributed by atoms with E-state index in [0.717, 1.165) is 56.9 Å². The molecule has 2 aromatic rings. The molecule has 5 heteroatoms. The summed E-state index contributed by atoms with van der Waals surface area (Å²) in [5.41, 5.74) is 8.01. The molecule has 6 rings (SSSR count). The molecule has 0 amide bonds. The number of allylic oxidation sites excluding steroid dienone is 5. The SMILES string of the molecule is CC1=CC=C(c2cc3c4c(c(C5=CC=S(C)C5)cc5c4c2OC(C)=N5)OC(C)=N3)C1. The normalized spacial score (nSPS) is 21.2. The van der Waals surface area contributed by atoms with Gasteiger partial charge in [-0.05, 0) is 48.2 Å². The molecule has 0 radical (unpaired) electrons. The average Bonchev–Trinajstić information content (AvgIpc) is 3.32. The molecular formula is C25H22N2O2S. The van der Waals surface area contributed by atoms with E-state index >= 15 is 0 Å². The van der Waals surface area contributed by atoms with Crippen LogP contribution >= 0.6 is 10.5 Å². The van der Waals surface area contributed by atoms with E-state index in [9.17, 15) is 0 Å². The quantitative estimate of drug-likeness (QED) is 0.523. The second-order valence-electron chi connectivity index (χ2n) is 8.31. The van der Waals surface area contributed by atoms with Crippen LogP contribution < -0.4 is 9.47 Å². The Morgan fingerprint density at radius 3 is 1.90 bits per heavy atom. The van der Waals surface area contributed by atoms with Crippen molar-refractivity contribution in [1.29, 1.82) is 0 Å². The largest absolute Gasteiger partial charge is 0.442 e. The van der Waals surface area contributed by atoms with Gasteiger partial charge in [0.25, 0.3) is 0 Å². The van der Waals surface area contributed by atoms with Gasteiger partial charge in [0.1, 0.15) is 11.5 Å². The van der Waals surface area contributed by atoms with Gasteiger partial charge in [-0.1, -0.05) is 23.8 Å². The summed E-state index contributed by atoms with van der Waals surface area (Å²) in [5.74, 6) is 4.13. The van der Waals surface area contributed by atoms with Crippen LogP contribution in [0.5, 0.6) is 11.5 Å². The third kappa shape index (κ3) is 2.58. The number of hydrogen-bond acceptors (Lipinski definition) is 4.